The number of rotatable bonds is 10. The van der Waals surface area contributed by atoms with Gasteiger partial charge >= 0.3 is 0 Å². The molecule has 0 aliphatic rings. The summed E-state index contributed by atoms with van der Waals surface area (Å²) in [4.78, 5) is 0. The van der Waals surface area contributed by atoms with E-state index in [0.717, 1.165) is 17.4 Å². The van der Waals surface area contributed by atoms with Crippen molar-refractivity contribution in [1.82, 2.24) is 0 Å². The van der Waals surface area contributed by atoms with Gasteiger partial charge in [-0.15, -0.1) is 0 Å². The lowest BCUT2D eigenvalue weighted by atomic mass is 9.94. The van der Waals surface area contributed by atoms with Crippen molar-refractivity contribution in [2.75, 3.05) is 0 Å². The van der Waals surface area contributed by atoms with E-state index >= 15 is 0 Å². The first-order chi connectivity index (χ1) is 8.91. The largest absolute Gasteiger partial charge is 0.0961 e. The summed E-state index contributed by atoms with van der Waals surface area (Å²) < 4.78 is 0. The van der Waals surface area contributed by atoms with E-state index in [4.69, 9.17) is 0 Å². The van der Waals surface area contributed by atoms with Gasteiger partial charge in [-0.3, -0.25) is 0 Å². The van der Waals surface area contributed by atoms with Crippen LogP contribution in [-0.2, 0) is 0 Å². The summed E-state index contributed by atoms with van der Waals surface area (Å²) in [5.41, 5.74) is 2.59. The Morgan fingerprint density at radius 2 is 1.63 bits per heavy atom. The van der Waals surface area contributed by atoms with E-state index in [1.54, 1.807) is 0 Å². The Bertz CT molecular complexity index is 291. The highest BCUT2D eigenvalue weighted by Crippen LogP contribution is 2.19. The Labute approximate surface area is 121 Å². The Hall–Kier alpha value is -0.780. The van der Waals surface area contributed by atoms with Crippen molar-refractivity contribution >= 4 is 0 Å². The summed E-state index contributed by atoms with van der Waals surface area (Å²) in [6, 6.07) is 0. The van der Waals surface area contributed by atoms with Gasteiger partial charge in [-0.25, -0.2) is 0 Å². The summed E-state index contributed by atoms with van der Waals surface area (Å²) in [5, 5.41) is 0. The molecule has 1 atom stereocenters. The molecule has 19 heavy (non-hydrogen) atoms. The molecule has 0 saturated carbocycles. The molecule has 0 nitrogen and oxygen atoms in total. The molecular formula is C19H34. The van der Waals surface area contributed by atoms with E-state index in [9.17, 15) is 0 Å². The van der Waals surface area contributed by atoms with Crippen LogP contribution < -0.4 is 0 Å². The van der Waals surface area contributed by atoms with Gasteiger partial charge in [-0.2, -0.15) is 0 Å². The molecule has 110 valence electrons. The van der Waals surface area contributed by atoms with Crippen molar-refractivity contribution in [3.63, 3.8) is 0 Å². The Morgan fingerprint density at radius 3 is 2.21 bits per heavy atom. The zero-order chi connectivity index (χ0) is 14.7. The molecule has 0 aromatic heterocycles. The van der Waals surface area contributed by atoms with Crippen LogP contribution in [0.1, 0.15) is 73.1 Å². The SMILES string of the molecule is C=C(C)/C=C/C=C(\C)CCCC(C)CCCC(C)C. The lowest BCUT2D eigenvalue weighted by Crippen LogP contribution is -1.97. The van der Waals surface area contributed by atoms with Crippen molar-refractivity contribution in [3.05, 3.63) is 36.0 Å². The molecule has 0 radical (unpaired) electrons. The summed E-state index contributed by atoms with van der Waals surface area (Å²) >= 11 is 0. The van der Waals surface area contributed by atoms with Crippen molar-refractivity contribution < 1.29 is 0 Å². The fourth-order valence-electron chi connectivity index (χ4n) is 2.21. The molecule has 0 heteroatoms. The molecule has 0 fully saturated rings. The molecule has 1 unspecified atom stereocenters. The minimum Gasteiger partial charge on any atom is -0.0961 e. The monoisotopic (exact) mass is 262 g/mol. The normalized spacial score (nSPS) is 14.3. The topological polar surface area (TPSA) is 0 Å². The van der Waals surface area contributed by atoms with Gasteiger partial charge in [0.1, 0.15) is 0 Å². The maximum Gasteiger partial charge on any atom is -0.0320 e. The first kappa shape index (κ1) is 18.2. The molecule has 0 N–H and O–H groups in total. The van der Waals surface area contributed by atoms with Gasteiger partial charge in [0, 0.05) is 0 Å². The van der Waals surface area contributed by atoms with Gasteiger partial charge in [-0.05, 0) is 38.5 Å². The summed E-state index contributed by atoms with van der Waals surface area (Å²) in [7, 11) is 0. The van der Waals surface area contributed by atoms with Crippen LogP contribution in [0.2, 0.25) is 0 Å². The third-order valence-corrected chi connectivity index (χ3v) is 3.51. The van der Waals surface area contributed by atoms with Gasteiger partial charge in [0.2, 0.25) is 0 Å². The minimum absolute atomic E-state index is 0.859. The molecule has 0 saturated heterocycles. The van der Waals surface area contributed by atoms with Crippen molar-refractivity contribution in [2.45, 2.75) is 73.1 Å². The second-order valence-corrected chi connectivity index (χ2v) is 6.54. The maximum absolute atomic E-state index is 3.86. The highest BCUT2D eigenvalue weighted by atomic mass is 14.1. The molecule has 0 rings (SSSR count). The quantitative estimate of drug-likeness (QED) is 0.384. The van der Waals surface area contributed by atoms with Crippen LogP contribution in [0, 0.1) is 11.8 Å². The number of allylic oxidation sites excluding steroid dienone is 5. The van der Waals surface area contributed by atoms with Crippen molar-refractivity contribution in [3.8, 4) is 0 Å². The number of hydrogen-bond acceptors (Lipinski definition) is 0. The van der Waals surface area contributed by atoms with Crippen molar-refractivity contribution in [1.29, 1.82) is 0 Å². The summed E-state index contributed by atoms with van der Waals surface area (Å²) in [6.07, 6.45) is 14.5. The van der Waals surface area contributed by atoms with E-state index in [2.05, 4.69) is 52.5 Å². The van der Waals surface area contributed by atoms with E-state index in [-0.39, 0.29) is 0 Å². The molecular weight excluding hydrogens is 228 g/mol. The van der Waals surface area contributed by atoms with Crippen LogP contribution in [0.25, 0.3) is 0 Å². The predicted octanol–water partition coefficient (Wildman–Crippen LogP) is 6.70. The molecule has 0 bridgehead atoms. The molecule has 0 spiro atoms. The second-order valence-electron chi connectivity index (χ2n) is 6.54. The second kappa shape index (κ2) is 11.1. The van der Waals surface area contributed by atoms with E-state index in [1.165, 1.54) is 44.1 Å². The average Bonchev–Trinajstić information content (AvgIpc) is 2.27. The van der Waals surface area contributed by atoms with Crippen LogP contribution in [0.3, 0.4) is 0 Å². The molecule has 0 amide bonds. The van der Waals surface area contributed by atoms with Crippen LogP contribution in [0.4, 0.5) is 0 Å². The average molecular weight is 262 g/mol. The first-order valence-corrected chi connectivity index (χ1v) is 7.91. The van der Waals surface area contributed by atoms with E-state index in [1.807, 2.05) is 6.92 Å². The Morgan fingerprint density at radius 1 is 1.00 bits per heavy atom. The fourth-order valence-corrected chi connectivity index (χ4v) is 2.21. The van der Waals surface area contributed by atoms with Crippen LogP contribution in [0.15, 0.2) is 36.0 Å². The van der Waals surface area contributed by atoms with Gasteiger partial charge in [0.25, 0.3) is 0 Å². The lowest BCUT2D eigenvalue weighted by molar-refractivity contribution is 0.427. The summed E-state index contributed by atoms with van der Waals surface area (Å²) in [5.74, 6) is 1.75. The van der Waals surface area contributed by atoms with Crippen LogP contribution >= 0.6 is 0 Å². The highest BCUT2D eigenvalue weighted by Gasteiger charge is 2.03. The molecule has 0 aliphatic carbocycles. The smallest absolute Gasteiger partial charge is 0.0320 e. The van der Waals surface area contributed by atoms with Crippen molar-refractivity contribution in [2.24, 2.45) is 11.8 Å². The molecule has 0 aromatic rings. The molecule has 0 aromatic carbocycles. The van der Waals surface area contributed by atoms with E-state index < -0.39 is 0 Å². The van der Waals surface area contributed by atoms with Crippen LogP contribution in [0.5, 0.6) is 0 Å². The maximum atomic E-state index is 3.86. The van der Waals surface area contributed by atoms with Gasteiger partial charge in [0.05, 0.1) is 0 Å². The zero-order valence-corrected chi connectivity index (χ0v) is 13.8. The third kappa shape index (κ3) is 13.5. The van der Waals surface area contributed by atoms with Gasteiger partial charge in [0.15, 0.2) is 0 Å². The Kier molecular flexibility index (Phi) is 10.6. The highest BCUT2D eigenvalue weighted by molar-refractivity contribution is 5.19. The number of hydrogen-bond donors (Lipinski definition) is 0. The molecule has 0 aliphatic heterocycles. The van der Waals surface area contributed by atoms with Gasteiger partial charge in [-0.1, -0.05) is 82.4 Å². The summed E-state index contributed by atoms with van der Waals surface area (Å²) in [6.45, 7) is 15.2. The van der Waals surface area contributed by atoms with Crippen LogP contribution in [-0.4, -0.2) is 0 Å². The minimum atomic E-state index is 0.859. The third-order valence-electron chi connectivity index (χ3n) is 3.51. The lowest BCUT2D eigenvalue weighted by Gasteiger charge is -2.12. The fraction of sp³-hybridized carbons (Fsp3) is 0.684. The first-order valence-electron chi connectivity index (χ1n) is 7.91. The predicted molar refractivity (Wildman–Crippen MR) is 89.4 cm³/mol. The molecule has 0 heterocycles. The standard InChI is InChI=1S/C19H34/c1-16(2)10-7-12-18(5)14-9-15-19(6)13-8-11-17(3)4/h7,10,12,17,19H,1,8-9,11,13-15H2,2-6H3/b10-7+,18-12+. The van der Waals surface area contributed by atoms with E-state index in [0.29, 0.717) is 0 Å². The Balaban J connectivity index is 3.69. The zero-order valence-electron chi connectivity index (χ0n) is 13.8. The van der Waals surface area contributed by atoms with Gasteiger partial charge < -0.3 is 0 Å².